The average molecular weight is 319 g/mol. The summed E-state index contributed by atoms with van der Waals surface area (Å²) in [6, 6.07) is 10.3. The van der Waals surface area contributed by atoms with Crippen LogP contribution < -0.4 is 5.32 Å². The molecule has 0 amide bonds. The van der Waals surface area contributed by atoms with Crippen LogP contribution in [0.15, 0.2) is 51.8 Å². The summed E-state index contributed by atoms with van der Waals surface area (Å²) in [5.74, 6) is 0. The topological polar surface area (TPSA) is 24.9 Å². The van der Waals surface area contributed by atoms with Gasteiger partial charge in [-0.05, 0) is 39.0 Å². The number of pyridine rings is 1. The minimum atomic E-state index is 0.810. The zero-order valence-corrected chi connectivity index (χ0v) is 12.0. The summed E-state index contributed by atoms with van der Waals surface area (Å²) >= 11 is 5.24. The Morgan fingerprint density at radius 3 is 2.94 bits per heavy atom. The molecule has 3 aromatic rings. The van der Waals surface area contributed by atoms with E-state index in [0.717, 1.165) is 27.6 Å². The van der Waals surface area contributed by atoms with Crippen molar-refractivity contribution in [3.8, 4) is 0 Å². The molecule has 3 rings (SSSR count). The van der Waals surface area contributed by atoms with E-state index in [-0.39, 0.29) is 0 Å². The van der Waals surface area contributed by atoms with E-state index >= 15 is 0 Å². The molecule has 0 spiro atoms. The first-order valence-corrected chi connectivity index (χ1v) is 7.36. The van der Waals surface area contributed by atoms with Crippen LogP contribution in [0.5, 0.6) is 0 Å². The summed E-state index contributed by atoms with van der Waals surface area (Å²) in [5, 5.41) is 8.79. The molecule has 1 N–H and O–H groups in total. The fourth-order valence-corrected chi connectivity index (χ4v) is 3.24. The second-order valence-electron chi connectivity index (χ2n) is 4.02. The third-order valence-electron chi connectivity index (χ3n) is 2.76. The Balaban J connectivity index is 1.81. The minimum Gasteiger partial charge on any atom is -0.380 e. The number of halogens is 1. The first-order valence-electron chi connectivity index (χ1n) is 5.62. The van der Waals surface area contributed by atoms with Gasteiger partial charge >= 0.3 is 0 Å². The van der Waals surface area contributed by atoms with E-state index in [9.17, 15) is 0 Å². The van der Waals surface area contributed by atoms with Crippen molar-refractivity contribution in [3.63, 3.8) is 0 Å². The number of thiophene rings is 1. The van der Waals surface area contributed by atoms with Gasteiger partial charge in [0, 0.05) is 21.8 Å². The van der Waals surface area contributed by atoms with Crippen molar-refractivity contribution >= 4 is 43.9 Å². The van der Waals surface area contributed by atoms with Gasteiger partial charge in [-0.2, -0.15) is 11.3 Å². The van der Waals surface area contributed by atoms with Gasteiger partial charge in [0.1, 0.15) is 0 Å². The molecule has 2 heterocycles. The lowest BCUT2D eigenvalue weighted by atomic mass is 10.2. The van der Waals surface area contributed by atoms with Crippen LogP contribution in [0.3, 0.4) is 0 Å². The molecule has 0 fully saturated rings. The third-order valence-corrected chi connectivity index (χ3v) is 4.60. The van der Waals surface area contributed by atoms with E-state index in [1.54, 1.807) is 11.3 Å². The van der Waals surface area contributed by atoms with Crippen molar-refractivity contribution in [2.75, 3.05) is 5.32 Å². The first kappa shape index (κ1) is 11.7. The molecule has 2 nitrogen and oxygen atoms in total. The second kappa shape index (κ2) is 5.08. The highest BCUT2D eigenvalue weighted by molar-refractivity contribution is 9.10. The molecular weight excluding hydrogens is 308 g/mol. The largest absolute Gasteiger partial charge is 0.380 e. The van der Waals surface area contributed by atoms with Crippen molar-refractivity contribution in [1.82, 2.24) is 4.98 Å². The van der Waals surface area contributed by atoms with Gasteiger partial charge in [-0.15, -0.1) is 0 Å². The number of benzene rings is 1. The van der Waals surface area contributed by atoms with Gasteiger partial charge < -0.3 is 5.32 Å². The van der Waals surface area contributed by atoms with Crippen LogP contribution >= 0.6 is 27.3 Å². The number of nitrogens with zero attached hydrogens (tertiary/aromatic N) is 1. The van der Waals surface area contributed by atoms with Gasteiger partial charge in [-0.3, -0.25) is 4.98 Å². The number of fused-ring (bicyclic) bond motifs is 1. The predicted molar refractivity (Wildman–Crippen MR) is 81.1 cm³/mol. The quantitative estimate of drug-likeness (QED) is 0.759. The number of anilines is 1. The van der Waals surface area contributed by atoms with E-state index in [2.05, 4.69) is 49.1 Å². The molecule has 0 unspecified atom stereocenters. The zero-order valence-electron chi connectivity index (χ0n) is 9.56. The maximum Gasteiger partial charge on any atom is 0.0703 e. The fraction of sp³-hybridized carbons (Fsp3) is 0.0714. The standard InChI is InChI=1S/C14H11BrN2S/c15-13-9-18-8-11(13)6-16-12-5-10-3-1-2-4-14(10)17-7-12/h1-5,7-9,16H,6H2. The van der Waals surface area contributed by atoms with Gasteiger partial charge in [0.15, 0.2) is 0 Å². The predicted octanol–water partition coefficient (Wildman–Crippen LogP) is 4.67. The Kier molecular flexibility index (Phi) is 3.30. The maximum atomic E-state index is 4.43. The lowest BCUT2D eigenvalue weighted by Gasteiger charge is -2.06. The highest BCUT2D eigenvalue weighted by Gasteiger charge is 2.01. The molecule has 2 aromatic heterocycles. The average Bonchev–Trinajstić information content (AvgIpc) is 2.82. The van der Waals surface area contributed by atoms with Gasteiger partial charge in [0.05, 0.1) is 17.4 Å². The molecule has 0 saturated carbocycles. The number of aromatic nitrogens is 1. The van der Waals surface area contributed by atoms with Crippen molar-refractivity contribution < 1.29 is 0 Å². The number of hydrogen-bond acceptors (Lipinski definition) is 3. The molecule has 0 aliphatic rings. The number of rotatable bonds is 3. The molecule has 0 aliphatic carbocycles. The summed E-state index contributed by atoms with van der Waals surface area (Å²) in [7, 11) is 0. The van der Waals surface area contributed by atoms with Gasteiger partial charge in [0.25, 0.3) is 0 Å². The van der Waals surface area contributed by atoms with Gasteiger partial charge in [0.2, 0.25) is 0 Å². The van der Waals surface area contributed by atoms with Crippen LogP contribution in [0, 0.1) is 0 Å². The summed E-state index contributed by atoms with van der Waals surface area (Å²) < 4.78 is 1.16. The van der Waals surface area contributed by atoms with Gasteiger partial charge in [-0.25, -0.2) is 0 Å². The van der Waals surface area contributed by atoms with E-state index in [1.807, 2.05) is 24.4 Å². The van der Waals surface area contributed by atoms with Crippen molar-refractivity contribution in [1.29, 1.82) is 0 Å². The van der Waals surface area contributed by atoms with Crippen LogP contribution in [0.1, 0.15) is 5.56 Å². The molecule has 0 saturated heterocycles. The van der Waals surface area contributed by atoms with Gasteiger partial charge in [-0.1, -0.05) is 18.2 Å². The van der Waals surface area contributed by atoms with Crippen LogP contribution in [-0.4, -0.2) is 4.98 Å². The number of hydrogen-bond donors (Lipinski definition) is 1. The van der Waals surface area contributed by atoms with E-state index in [4.69, 9.17) is 0 Å². The smallest absolute Gasteiger partial charge is 0.0703 e. The lowest BCUT2D eigenvalue weighted by molar-refractivity contribution is 1.15. The molecule has 0 radical (unpaired) electrons. The SMILES string of the molecule is Brc1cscc1CNc1cnc2ccccc2c1. The Labute approximate surface area is 118 Å². The van der Waals surface area contributed by atoms with Crippen molar-refractivity contribution in [2.24, 2.45) is 0 Å². The molecular formula is C14H11BrN2S. The summed E-state index contributed by atoms with van der Waals surface area (Å²) in [6.07, 6.45) is 1.88. The van der Waals surface area contributed by atoms with Crippen LogP contribution in [0.25, 0.3) is 10.9 Å². The fourth-order valence-electron chi connectivity index (χ4n) is 1.80. The molecule has 18 heavy (non-hydrogen) atoms. The Morgan fingerprint density at radius 2 is 2.11 bits per heavy atom. The second-order valence-corrected chi connectivity index (χ2v) is 5.61. The third kappa shape index (κ3) is 2.40. The Morgan fingerprint density at radius 1 is 1.22 bits per heavy atom. The van der Waals surface area contributed by atoms with Crippen molar-refractivity contribution in [3.05, 3.63) is 57.3 Å². The van der Waals surface area contributed by atoms with Crippen LogP contribution in [0.4, 0.5) is 5.69 Å². The lowest BCUT2D eigenvalue weighted by Crippen LogP contribution is -1.99. The zero-order chi connectivity index (χ0) is 12.4. The number of nitrogens with one attached hydrogen (secondary N) is 1. The van der Waals surface area contributed by atoms with Crippen LogP contribution in [-0.2, 0) is 6.54 Å². The molecule has 0 aliphatic heterocycles. The maximum absolute atomic E-state index is 4.43. The molecule has 0 atom stereocenters. The minimum absolute atomic E-state index is 0.810. The van der Waals surface area contributed by atoms with E-state index < -0.39 is 0 Å². The van der Waals surface area contributed by atoms with E-state index in [0.29, 0.717) is 0 Å². The molecule has 0 bridgehead atoms. The summed E-state index contributed by atoms with van der Waals surface area (Å²) in [4.78, 5) is 4.43. The first-order chi connectivity index (χ1) is 8.83. The molecule has 90 valence electrons. The highest BCUT2D eigenvalue weighted by Crippen LogP contribution is 2.23. The normalized spacial score (nSPS) is 10.7. The molecule has 1 aromatic carbocycles. The number of para-hydroxylation sites is 1. The Hall–Kier alpha value is -1.39. The molecule has 4 heteroatoms. The van der Waals surface area contributed by atoms with Crippen molar-refractivity contribution in [2.45, 2.75) is 6.54 Å². The monoisotopic (exact) mass is 318 g/mol. The summed E-state index contributed by atoms with van der Waals surface area (Å²) in [6.45, 7) is 0.810. The van der Waals surface area contributed by atoms with E-state index in [1.165, 1.54) is 5.56 Å². The highest BCUT2D eigenvalue weighted by atomic mass is 79.9. The summed E-state index contributed by atoms with van der Waals surface area (Å²) in [5.41, 5.74) is 3.35. The van der Waals surface area contributed by atoms with Crippen LogP contribution in [0.2, 0.25) is 0 Å². The Bertz CT molecular complexity index is 678.